The van der Waals surface area contributed by atoms with E-state index in [9.17, 15) is 4.21 Å². The number of benzene rings is 1. The minimum Gasteiger partial charge on any atom is -0.354 e. The first-order valence-electron chi connectivity index (χ1n) is 5.52. The Hall–Kier alpha value is -0.670. The molecule has 1 aromatic carbocycles. The van der Waals surface area contributed by atoms with Gasteiger partial charge in [-0.25, -0.2) is 0 Å². The lowest BCUT2D eigenvalue weighted by atomic mass is 9.93. The average molecular weight is 238 g/mol. The van der Waals surface area contributed by atoms with Gasteiger partial charge in [-0.15, -0.1) is 0 Å². The predicted octanol–water partition coefficient (Wildman–Crippen LogP) is 2.87. The SMILES string of the molecule is Cc1ccc([S@](=O)[C@H]2O[C@H]2C(C)(C)C)cc1. The van der Waals surface area contributed by atoms with Crippen LogP contribution in [-0.2, 0) is 15.5 Å². The second-order valence-electron chi connectivity index (χ2n) is 5.40. The molecular weight excluding hydrogens is 220 g/mol. The fourth-order valence-electron chi connectivity index (χ4n) is 1.68. The summed E-state index contributed by atoms with van der Waals surface area (Å²) in [5.41, 5.74) is 1.14. The summed E-state index contributed by atoms with van der Waals surface area (Å²) in [6, 6.07) is 7.82. The molecule has 0 saturated carbocycles. The van der Waals surface area contributed by atoms with E-state index in [1.54, 1.807) is 0 Å². The van der Waals surface area contributed by atoms with Gasteiger partial charge in [0, 0.05) is 4.90 Å². The van der Waals surface area contributed by atoms with Crippen LogP contribution in [0.25, 0.3) is 0 Å². The first kappa shape index (κ1) is 11.8. The van der Waals surface area contributed by atoms with Crippen molar-refractivity contribution in [1.82, 2.24) is 0 Å². The first-order chi connectivity index (χ1) is 7.39. The zero-order valence-corrected chi connectivity index (χ0v) is 11.0. The van der Waals surface area contributed by atoms with Gasteiger partial charge in [0.1, 0.15) is 6.10 Å². The summed E-state index contributed by atoms with van der Waals surface area (Å²) in [5, 5.41) is 0. The van der Waals surface area contributed by atoms with Crippen molar-refractivity contribution in [2.24, 2.45) is 5.41 Å². The molecule has 1 aliphatic heterocycles. The molecule has 0 N–H and O–H groups in total. The van der Waals surface area contributed by atoms with E-state index in [-0.39, 0.29) is 17.0 Å². The molecule has 1 saturated heterocycles. The van der Waals surface area contributed by atoms with Gasteiger partial charge in [0.05, 0.1) is 10.8 Å². The van der Waals surface area contributed by atoms with Crippen molar-refractivity contribution in [3.8, 4) is 0 Å². The van der Waals surface area contributed by atoms with Gasteiger partial charge in [-0.2, -0.15) is 0 Å². The third-order valence-electron chi connectivity index (χ3n) is 2.77. The summed E-state index contributed by atoms with van der Waals surface area (Å²) in [6.45, 7) is 8.37. The molecule has 2 nitrogen and oxygen atoms in total. The maximum Gasteiger partial charge on any atom is 0.164 e. The summed E-state index contributed by atoms with van der Waals surface area (Å²) >= 11 is 0. The Bertz CT molecular complexity index is 403. The number of rotatable bonds is 2. The van der Waals surface area contributed by atoms with E-state index in [4.69, 9.17) is 4.74 Å². The molecule has 3 atom stereocenters. The van der Waals surface area contributed by atoms with Gasteiger partial charge < -0.3 is 4.74 Å². The van der Waals surface area contributed by atoms with Crippen molar-refractivity contribution in [2.75, 3.05) is 0 Å². The summed E-state index contributed by atoms with van der Waals surface area (Å²) in [5.74, 6) is 0. The predicted molar refractivity (Wildman–Crippen MR) is 65.7 cm³/mol. The number of ether oxygens (including phenoxy) is 1. The Balaban J connectivity index is 2.08. The maximum atomic E-state index is 12.2. The molecule has 2 rings (SSSR count). The number of hydrogen-bond donors (Lipinski definition) is 0. The Kier molecular flexibility index (Phi) is 2.93. The quantitative estimate of drug-likeness (QED) is 0.741. The summed E-state index contributed by atoms with van der Waals surface area (Å²) in [7, 11) is -1.03. The number of epoxide rings is 1. The van der Waals surface area contributed by atoms with Crippen molar-refractivity contribution in [3.63, 3.8) is 0 Å². The number of aryl methyl sites for hydroxylation is 1. The van der Waals surface area contributed by atoms with Crippen LogP contribution in [0.5, 0.6) is 0 Å². The van der Waals surface area contributed by atoms with E-state index in [1.165, 1.54) is 5.56 Å². The van der Waals surface area contributed by atoms with Gasteiger partial charge in [0.15, 0.2) is 5.44 Å². The standard InChI is InChI=1S/C13H18O2S/c1-9-5-7-10(8-6-9)16(14)12-11(15-12)13(2,3)4/h5-8,11-12H,1-4H3/t11-,12-,16+/m1/s1. The fraction of sp³-hybridized carbons (Fsp3) is 0.538. The smallest absolute Gasteiger partial charge is 0.164 e. The zero-order valence-electron chi connectivity index (χ0n) is 10.2. The average Bonchev–Trinajstić information content (AvgIpc) is 2.96. The normalized spacial score (nSPS) is 26.5. The summed E-state index contributed by atoms with van der Waals surface area (Å²) < 4.78 is 17.7. The Morgan fingerprint density at radius 2 is 1.75 bits per heavy atom. The molecular formula is C13H18O2S. The second-order valence-corrected chi connectivity index (χ2v) is 6.93. The zero-order chi connectivity index (χ0) is 11.9. The van der Waals surface area contributed by atoms with Gasteiger partial charge in [-0.3, -0.25) is 4.21 Å². The van der Waals surface area contributed by atoms with Crippen LogP contribution in [-0.4, -0.2) is 15.7 Å². The van der Waals surface area contributed by atoms with Crippen LogP contribution in [0.3, 0.4) is 0 Å². The van der Waals surface area contributed by atoms with Crippen molar-refractivity contribution < 1.29 is 8.95 Å². The van der Waals surface area contributed by atoms with E-state index in [0.717, 1.165) is 4.90 Å². The summed E-state index contributed by atoms with van der Waals surface area (Å²) in [6.07, 6.45) is 0.120. The molecule has 0 spiro atoms. The lowest BCUT2D eigenvalue weighted by molar-refractivity contribution is 0.264. The third-order valence-corrected chi connectivity index (χ3v) is 4.29. The van der Waals surface area contributed by atoms with Gasteiger partial charge in [-0.1, -0.05) is 38.5 Å². The highest BCUT2D eigenvalue weighted by Gasteiger charge is 2.51. The van der Waals surface area contributed by atoms with Crippen LogP contribution >= 0.6 is 0 Å². The van der Waals surface area contributed by atoms with Gasteiger partial charge >= 0.3 is 0 Å². The Morgan fingerprint density at radius 3 is 2.19 bits per heavy atom. The molecule has 88 valence electrons. The van der Waals surface area contributed by atoms with E-state index in [2.05, 4.69) is 20.8 Å². The van der Waals surface area contributed by atoms with Crippen molar-refractivity contribution in [3.05, 3.63) is 29.8 Å². The van der Waals surface area contributed by atoms with Crippen molar-refractivity contribution in [2.45, 2.75) is 44.1 Å². The van der Waals surface area contributed by atoms with E-state index >= 15 is 0 Å². The highest BCUT2D eigenvalue weighted by Crippen LogP contribution is 2.41. The molecule has 0 aliphatic carbocycles. The summed E-state index contributed by atoms with van der Waals surface area (Å²) in [4.78, 5) is 0.863. The largest absolute Gasteiger partial charge is 0.354 e. The maximum absolute atomic E-state index is 12.2. The van der Waals surface area contributed by atoms with Crippen molar-refractivity contribution >= 4 is 10.8 Å². The lowest BCUT2D eigenvalue weighted by Gasteiger charge is -2.13. The van der Waals surface area contributed by atoms with E-state index in [1.807, 2.05) is 31.2 Å². The topological polar surface area (TPSA) is 29.6 Å². The minimum atomic E-state index is -1.03. The molecule has 0 radical (unpaired) electrons. The Morgan fingerprint density at radius 1 is 1.19 bits per heavy atom. The lowest BCUT2D eigenvalue weighted by Crippen LogP contribution is -2.18. The second kappa shape index (κ2) is 3.97. The monoisotopic (exact) mass is 238 g/mol. The highest BCUT2D eigenvalue weighted by molar-refractivity contribution is 7.85. The molecule has 0 unspecified atom stereocenters. The molecule has 3 heteroatoms. The Labute approximate surface area is 99.5 Å². The molecule has 16 heavy (non-hydrogen) atoms. The van der Waals surface area contributed by atoms with Gasteiger partial charge in [-0.05, 0) is 24.5 Å². The van der Waals surface area contributed by atoms with Crippen LogP contribution in [0, 0.1) is 12.3 Å². The van der Waals surface area contributed by atoms with Crippen LogP contribution in [0.4, 0.5) is 0 Å². The van der Waals surface area contributed by atoms with Crippen molar-refractivity contribution in [1.29, 1.82) is 0 Å². The molecule has 0 amide bonds. The highest BCUT2D eigenvalue weighted by atomic mass is 32.2. The third kappa shape index (κ3) is 2.36. The van der Waals surface area contributed by atoms with Crippen LogP contribution in [0.2, 0.25) is 0 Å². The van der Waals surface area contributed by atoms with E-state index < -0.39 is 10.8 Å². The van der Waals surface area contributed by atoms with Crippen LogP contribution in [0.15, 0.2) is 29.2 Å². The van der Waals surface area contributed by atoms with Gasteiger partial charge in [0.2, 0.25) is 0 Å². The van der Waals surface area contributed by atoms with Crippen LogP contribution in [0.1, 0.15) is 26.3 Å². The minimum absolute atomic E-state index is 0.0744. The number of hydrogen-bond acceptors (Lipinski definition) is 2. The molecule has 1 aromatic rings. The molecule has 1 aliphatic rings. The first-order valence-corrected chi connectivity index (χ1v) is 6.73. The van der Waals surface area contributed by atoms with E-state index in [0.29, 0.717) is 0 Å². The molecule has 1 fully saturated rings. The van der Waals surface area contributed by atoms with Crippen LogP contribution < -0.4 is 0 Å². The fourth-order valence-corrected chi connectivity index (χ4v) is 3.21. The van der Waals surface area contributed by atoms with Gasteiger partial charge in [0.25, 0.3) is 0 Å². The molecule has 0 bridgehead atoms. The molecule has 0 aromatic heterocycles. The molecule has 1 heterocycles.